The van der Waals surface area contributed by atoms with E-state index in [4.69, 9.17) is 0 Å². The number of nitrogens with zero attached hydrogens (tertiary/aromatic N) is 1. The quantitative estimate of drug-likeness (QED) is 0.698. The second-order valence-corrected chi connectivity index (χ2v) is 4.70. The smallest absolute Gasteiger partial charge is 0.0197 e. The van der Waals surface area contributed by atoms with Crippen molar-refractivity contribution in [3.63, 3.8) is 0 Å². The Kier molecular flexibility index (Phi) is 3.23. The number of piperidine rings is 1. The maximum absolute atomic E-state index is 3.70. The summed E-state index contributed by atoms with van der Waals surface area (Å²) >= 11 is 0. The summed E-state index contributed by atoms with van der Waals surface area (Å²) in [6.07, 6.45) is 7.02. The average Bonchev–Trinajstić information content (AvgIpc) is 2.57. The van der Waals surface area contributed by atoms with Crippen LogP contribution in [-0.4, -0.2) is 36.6 Å². The van der Waals surface area contributed by atoms with Crippen molar-refractivity contribution in [2.45, 2.75) is 51.1 Å². The van der Waals surface area contributed by atoms with Gasteiger partial charge in [0, 0.05) is 18.6 Å². The first-order valence-corrected chi connectivity index (χ1v) is 5.83. The lowest BCUT2D eigenvalue weighted by Gasteiger charge is -2.31. The second-order valence-electron chi connectivity index (χ2n) is 4.70. The fraction of sp³-hybridized carbons (Fsp3) is 1.00. The zero-order valence-electron chi connectivity index (χ0n) is 8.76. The molecule has 0 saturated carbocycles. The van der Waals surface area contributed by atoms with Gasteiger partial charge in [0.2, 0.25) is 0 Å². The van der Waals surface area contributed by atoms with Crippen LogP contribution in [0.3, 0.4) is 0 Å². The summed E-state index contributed by atoms with van der Waals surface area (Å²) in [4.78, 5) is 2.62. The van der Waals surface area contributed by atoms with Crippen molar-refractivity contribution >= 4 is 0 Å². The molecule has 0 aromatic rings. The molecule has 0 aromatic carbocycles. The van der Waals surface area contributed by atoms with Crippen LogP contribution in [0.25, 0.3) is 0 Å². The molecule has 76 valence electrons. The minimum Gasteiger partial charge on any atom is -0.310 e. The van der Waals surface area contributed by atoms with Gasteiger partial charge in [0.1, 0.15) is 0 Å². The highest BCUT2D eigenvalue weighted by atomic mass is 15.2. The molecule has 0 unspecified atom stereocenters. The molecule has 13 heavy (non-hydrogen) atoms. The third-order valence-corrected chi connectivity index (χ3v) is 3.39. The lowest BCUT2D eigenvalue weighted by Crippen LogP contribution is -2.46. The van der Waals surface area contributed by atoms with Gasteiger partial charge < -0.3 is 10.2 Å². The Bertz CT molecular complexity index is 152. The largest absolute Gasteiger partial charge is 0.310 e. The highest BCUT2D eigenvalue weighted by Crippen LogP contribution is 2.15. The Morgan fingerprint density at radius 1 is 1.15 bits per heavy atom. The Hall–Kier alpha value is -0.0800. The molecular weight excluding hydrogens is 160 g/mol. The van der Waals surface area contributed by atoms with E-state index in [-0.39, 0.29) is 0 Å². The fourth-order valence-electron chi connectivity index (χ4n) is 2.66. The van der Waals surface area contributed by atoms with E-state index >= 15 is 0 Å². The Morgan fingerprint density at radius 3 is 2.62 bits per heavy atom. The van der Waals surface area contributed by atoms with Gasteiger partial charge in [0.05, 0.1) is 0 Å². The SMILES string of the molecule is C[C@H]1CCC[C@@H](CN2CCCC2)N1. The monoisotopic (exact) mass is 182 g/mol. The molecule has 2 aliphatic rings. The van der Waals surface area contributed by atoms with E-state index in [2.05, 4.69) is 17.1 Å². The van der Waals surface area contributed by atoms with E-state index in [1.807, 2.05) is 0 Å². The van der Waals surface area contributed by atoms with Gasteiger partial charge >= 0.3 is 0 Å². The van der Waals surface area contributed by atoms with Gasteiger partial charge in [-0.2, -0.15) is 0 Å². The van der Waals surface area contributed by atoms with Crippen LogP contribution in [-0.2, 0) is 0 Å². The van der Waals surface area contributed by atoms with E-state index in [0.29, 0.717) is 0 Å². The molecule has 1 N–H and O–H groups in total. The topological polar surface area (TPSA) is 15.3 Å². The van der Waals surface area contributed by atoms with Crippen LogP contribution in [0.4, 0.5) is 0 Å². The summed E-state index contributed by atoms with van der Waals surface area (Å²) in [6, 6.07) is 1.53. The molecule has 0 radical (unpaired) electrons. The van der Waals surface area contributed by atoms with Crippen LogP contribution < -0.4 is 5.32 Å². The molecule has 2 heterocycles. The van der Waals surface area contributed by atoms with Gasteiger partial charge in [-0.25, -0.2) is 0 Å². The minimum absolute atomic E-state index is 0.751. The van der Waals surface area contributed by atoms with E-state index in [0.717, 1.165) is 12.1 Å². The average molecular weight is 182 g/mol. The highest BCUT2D eigenvalue weighted by molar-refractivity contribution is 4.81. The van der Waals surface area contributed by atoms with Crippen molar-refractivity contribution in [2.24, 2.45) is 0 Å². The lowest BCUT2D eigenvalue weighted by molar-refractivity contribution is 0.241. The molecule has 2 aliphatic heterocycles. The first-order chi connectivity index (χ1) is 6.34. The molecule has 0 bridgehead atoms. The number of hydrogen-bond acceptors (Lipinski definition) is 2. The third kappa shape index (κ3) is 2.68. The molecule has 2 saturated heterocycles. The maximum Gasteiger partial charge on any atom is 0.0197 e. The maximum atomic E-state index is 3.70. The van der Waals surface area contributed by atoms with Crippen molar-refractivity contribution in [3.05, 3.63) is 0 Å². The van der Waals surface area contributed by atoms with E-state index in [1.165, 1.54) is 51.7 Å². The first kappa shape index (κ1) is 9.47. The number of hydrogen-bond donors (Lipinski definition) is 1. The molecule has 2 heteroatoms. The van der Waals surface area contributed by atoms with Crippen LogP contribution in [0.1, 0.15) is 39.0 Å². The summed E-state index contributed by atoms with van der Waals surface area (Å²) in [6.45, 7) is 6.29. The fourth-order valence-corrected chi connectivity index (χ4v) is 2.66. The minimum atomic E-state index is 0.751. The molecule has 0 aliphatic carbocycles. The second kappa shape index (κ2) is 4.43. The summed E-state index contributed by atoms with van der Waals surface area (Å²) in [5.41, 5.74) is 0. The predicted octanol–water partition coefficient (Wildman–Crippen LogP) is 1.61. The zero-order valence-corrected chi connectivity index (χ0v) is 8.76. The lowest BCUT2D eigenvalue weighted by atomic mass is 9.99. The van der Waals surface area contributed by atoms with Gasteiger partial charge in [-0.1, -0.05) is 6.42 Å². The molecule has 0 amide bonds. The number of rotatable bonds is 2. The third-order valence-electron chi connectivity index (χ3n) is 3.39. The van der Waals surface area contributed by atoms with Gasteiger partial charge in [-0.15, -0.1) is 0 Å². The standard InChI is InChI=1S/C11H22N2/c1-10-5-4-6-11(12-10)9-13-7-2-3-8-13/h10-12H,2-9H2,1H3/t10-,11-/m0/s1. The molecular formula is C11H22N2. The van der Waals surface area contributed by atoms with Crippen LogP contribution in [0.15, 0.2) is 0 Å². The highest BCUT2D eigenvalue weighted by Gasteiger charge is 2.21. The Balaban J connectivity index is 1.73. The summed E-state index contributed by atoms with van der Waals surface area (Å²) in [7, 11) is 0. The first-order valence-electron chi connectivity index (χ1n) is 5.83. The van der Waals surface area contributed by atoms with Gasteiger partial charge in [-0.3, -0.25) is 0 Å². The van der Waals surface area contributed by atoms with Crippen LogP contribution in [0.5, 0.6) is 0 Å². The molecule has 2 rings (SSSR count). The van der Waals surface area contributed by atoms with Gasteiger partial charge in [0.25, 0.3) is 0 Å². The molecule has 2 nitrogen and oxygen atoms in total. The number of nitrogens with one attached hydrogen (secondary N) is 1. The van der Waals surface area contributed by atoms with Crippen LogP contribution >= 0.6 is 0 Å². The van der Waals surface area contributed by atoms with E-state index in [1.54, 1.807) is 0 Å². The normalized spacial score (nSPS) is 36.7. The van der Waals surface area contributed by atoms with Crippen molar-refractivity contribution in [2.75, 3.05) is 19.6 Å². The van der Waals surface area contributed by atoms with Gasteiger partial charge in [0.15, 0.2) is 0 Å². The molecule has 0 aromatic heterocycles. The molecule has 0 spiro atoms. The Labute approximate surface area is 81.7 Å². The summed E-state index contributed by atoms with van der Waals surface area (Å²) < 4.78 is 0. The van der Waals surface area contributed by atoms with Crippen LogP contribution in [0, 0.1) is 0 Å². The molecule has 2 fully saturated rings. The van der Waals surface area contributed by atoms with E-state index in [9.17, 15) is 0 Å². The van der Waals surface area contributed by atoms with Crippen molar-refractivity contribution in [3.8, 4) is 0 Å². The van der Waals surface area contributed by atoms with Crippen molar-refractivity contribution < 1.29 is 0 Å². The van der Waals surface area contributed by atoms with Crippen LogP contribution in [0.2, 0.25) is 0 Å². The summed E-state index contributed by atoms with van der Waals surface area (Å²) in [5.74, 6) is 0. The van der Waals surface area contributed by atoms with Crippen molar-refractivity contribution in [1.29, 1.82) is 0 Å². The van der Waals surface area contributed by atoms with E-state index < -0.39 is 0 Å². The Morgan fingerprint density at radius 2 is 1.92 bits per heavy atom. The predicted molar refractivity (Wildman–Crippen MR) is 55.9 cm³/mol. The number of likely N-dealkylation sites (tertiary alicyclic amines) is 1. The molecule has 2 atom stereocenters. The zero-order chi connectivity index (χ0) is 9.10. The van der Waals surface area contributed by atoms with Gasteiger partial charge in [-0.05, 0) is 45.7 Å². The van der Waals surface area contributed by atoms with Crippen molar-refractivity contribution in [1.82, 2.24) is 10.2 Å². The summed E-state index contributed by atoms with van der Waals surface area (Å²) in [5, 5.41) is 3.70.